The molecule has 4 rings (SSSR count). The molecule has 7 heteroatoms. The van der Waals surface area contributed by atoms with Crippen molar-refractivity contribution in [2.24, 2.45) is 0 Å². The van der Waals surface area contributed by atoms with Crippen LogP contribution in [-0.4, -0.2) is 41.0 Å². The molecule has 1 aliphatic heterocycles. The van der Waals surface area contributed by atoms with Crippen LogP contribution in [-0.2, 0) is 6.54 Å². The molecule has 0 amide bonds. The van der Waals surface area contributed by atoms with Crippen LogP contribution in [0.4, 0.5) is 5.82 Å². The smallest absolute Gasteiger partial charge is 0.129 e. The van der Waals surface area contributed by atoms with Gasteiger partial charge in [0.05, 0.1) is 22.3 Å². The van der Waals surface area contributed by atoms with Crippen molar-refractivity contribution in [3.8, 4) is 16.6 Å². The number of hydrogen-bond acceptors (Lipinski definition) is 6. The molecule has 1 aromatic carbocycles. The number of rotatable bonds is 4. The normalized spacial score (nSPS) is 14.9. The third-order valence-corrected chi connectivity index (χ3v) is 5.87. The molecule has 0 saturated carbocycles. The zero-order chi connectivity index (χ0) is 18.6. The number of piperazine rings is 1. The number of aromatic nitrogens is 2. The first-order valence-corrected chi connectivity index (χ1v) is 10.0. The maximum Gasteiger partial charge on any atom is 0.129 e. The summed E-state index contributed by atoms with van der Waals surface area (Å²) in [6, 6.07) is 13.6. The summed E-state index contributed by atoms with van der Waals surface area (Å²) < 4.78 is 0. The van der Waals surface area contributed by atoms with Crippen LogP contribution >= 0.6 is 22.9 Å². The van der Waals surface area contributed by atoms with E-state index in [4.69, 9.17) is 21.8 Å². The van der Waals surface area contributed by atoms with Crippen LogP contribution in [0.25, 0.3) is 10.6 Å². The lowest BCUT2D eigenvalue weighted by molar-refractivity contribution is 0.247. The Morgan fingerprint density at radius 3 is 2.74 bits per heavy atom. The summed E-state index contributed by atoms with van der Waals surface area (Å²) in [5.74, 6) is 0.878. The third kappa shape index (κ3) is 4.11. The molecule has 1 saturated heterocycles. The fourth-order valence-electron chi connectivity index (χ4n) is 3.16. The van der Waals surface area contributed by atoms with Crippen molar-refractivity contribution in [2.45, 2.75) is 6.54 Å². The van der Waals surface area contributed by atoms with Crippen LogP contribution < -0.4 is 4.90 Å². The molecule has 0 N–H and O–H groups in total. The summed E-state index contributed by atoms with van der Waals surface area (Å²) >= 11 is 7.91. The molecule has 3 heterocycles. The Balaban J connectivity index is 1.37. The lowest BCUT2D eigenvalue weighted by atomic mass is 10.2. The molecule has 1 aliphatic rings. The molecule has 2 aromatic heterocycles. The molecular formula is C20H18ClN5S. The molecular weight excluding hydrogens is 378 g/mol. The number of thiazole rings is 1. The summed E-state index contributed by atoms with van der Waals surface area (Å²) in [4.78, 5) is 13.8. The van der Waals surface area contributed by atoms with E-state index in [1.54, 1.807) is 23.6 Å². The Bertz CT molecular complexity index is 972. The van der Waals surface area contributed by atoms with E-state index in [1.165, 1.54) is 0 Å². The highest BCUT2D eigenvalue weighted by Crippen LogP contribution is 2.30. The highest BCUT2D eigenvalue weighted by molar-refractivity contribution is 7.13. The lowest BCUT2D eigenvalue weighted by Gasteiger charge is -2.35. The predicted octanol–water partition coefficient (Wildman–Crippen LogP) is 4.05. The molecule has 3 aromatic rings. The Morgan fingerprint density at radius 1 is 1.15 bits per heavy atom. The first-order valence-electron chi connectivity index (χ1n) is 8.76. The maximum atomic E-state index is 9.05. The number of halogens is 1. The van der Waals surface area contributed by atoms with Gasteiger partial charge in [0.1, 0.15) is 10.8 Å². The minimum atomic E-state index is 0.650. The zero-order valence-corrected chi connectivity index (χ0v) is 16.2. The average Bonchev–Trinajstić information content (AvgIpc) is 3.17. The standard InChI is InChI=1S/C20H18ClN5S/c21-18-4-2-1-3-17(18)20-24-16(14-27-20)13-25-7-9-26(10-8-25)19-11-15(12-22)5-6-23-19/h1-6,11,14H,7-10,13H2. The number of anilines is 1. The predicted molar refractivity (Wildman–Crippen MR) is 109 cm³/mol. The third-order valence-electron chi connectivity index (χ3n) is 4.61. The van der Waals surface area contributed by atoms with Crippen molar-refractivity contribution in [1.82, 2.24) is 14.9 Å². The van der Waals surface area contributed by atoms with E-state index in [2.05, 4.69) is 26.2 Å². The van der Waals surface area contributed by atoms with Gasteiger partial charge in [-0.1, -0.05) is 29.8 Å². The number of pyridine rings is 1. The molecule has 27 heavy (non-hydrogen) atoms. The van der Waals surface area contributed by atoms with Crippen LogP contribution in [0.15, 0.2) is 48.0 Å². The minimum absolute atomic E-state index is 0.650. The Hall–Kier alpha value is -2.46. The summed E-state index contributed by atoms with van der Waals surface area (Å²) in [7, 11) is 0. The van der Waals surface area contributed by atoms with Crippen LogP contribution in [0.2, 0.25) is 5.02 Å². The second-order valence-electron chi connectivity index (χ2n) is 6.40. The zero-order valence-electron chi connectivity index (χ0n) is 14.7. The van der Waals surface area contributed by atoms with Gasteiger partial charge in [-0.05, 0) is 18.2 Å². The van der Waals surface area contributed by atoms with E-state index in [0.717, 1.165) is 59.8 Å². The largest absolute Gasteiger partial charge is 0.354 e. The van der Waals surface area contributed by atoms with Crippen molar-refractivity contribution in [3.05, 3.63) is 64.3 Å². The highest BCUT2D eigenvalue weighted by Gasteiger charge is 2.19. The first kappa shape index (κ1) is 17.9. The van der Waals surface area contributed by atoms with Crippen LogP contribution in [0.3, 0.4) is 0 Å². The van der Waals surface area contributed by atoms with Gasteiger partial charge in [0.15, 0.2) is 0 Å². The Kier molecular flexibility index (Phi) is 5.35. The Morgan fingerprint density at radius 2 is 1.96 bits per heavy atom. The summed E-state index contributed by atoms with van der Waals surface area (Å²) in [6.45, 7) is 4.50. The average molecular weight is 396 g/mol. The number of nitriles is 1. The monoisotopic (exact) mass is 395 g/mol. The van der Waals surface area contributed by atoms with Gasteiger partial charge in [-0.25, -0.2) is 9.97 Å². The van der Waals surface area contributed by atoms with Crippen LogP contribution in [0.1, 0.15) is 11.3 Å². The minimum Gasteiger partial charge on any atom is -0.354 e. The van der Waals surface area contributed by atoms with Gasteiger partial charge < -0.3 is 4.90 Å². The maximum absolute atomic E-state index is 9.05. The van der Waals surface area contributed by atoms with Crippen molar-refractivity contribution in [2.75, 3.05) is 31.1 Å². The molecule has 0 bridgehead atoms. The van der Waals surface area contributed by atoms with Crippen LogP contribution in [0, 0.1) is 11.3 Å². The quantitative estimate of drug-likeness (QED) is 0.667. The van der Waals surface area contributed by atoms with Gasteiger partial charge in [0.2, 0.25) is 0 Å². The fourth-order valence-corrected chi connectivity index (χ4v) is 4.29. The molecule has 0 unspecified atom stereocenters. The molecule has 5 nitrogen and oxygen atoms in total. The van der Waals surface area contributed by atoms with Gasteiger partial charge in [0, 0.05) is 49.9 Å². The second kappa shape index (κ2) is 8.05. The molecule has 0 aliphatic carbocycles. The van der Waals surface area contributed by atoms with Crippen molar-refractivity contribution >= 4 is 28.8 Å². The lowest BCUT2D eigenvalue weighted by Crippen LogP contribution is -2.46. The number of nitrogens with zero attached hydrogens (tertiary/aromatic N) is 5. The first-order chi connectivity index (χ1) is 13.2. The van der Waals surface area contributed by atoms with E-state index < -0.39 is 0 Å². The van der Waals surface area contributed by atoms with Gasteiger partial charge in [-0.3, -0.25) is 4.90 Å². The van der Waals surface area contributed by atoms with Crippen molar-refractivity contribution in [3.63, 3.8) is 0 Å². The molecule has 0 radical (unpaired) electrons. The van der Waals surface area contributed by atoms with Gasteiger partial charge in [-0.15, -0.1) is 11.3 Å². The van der Waals surface area contributed by atoms with Crippen molar-refractivity contribution in [1.29, 1.82) is 5.26 Å². The molecule has 0 spiro atoms. The van der Waals surface area contributed by atoms with E-state index in [0.29, 0.717) is 5.56 Å². The van der Waals surface area contributed by atoms with Crippen molar-refractivity contribution < 1.29 is 0 Å². The van der Waals surface area contributed by atoms with Gasteiger partial charge >= 0.3 is 0 Å². The van der Waals surface area contributed by atoms with E-state index in [9.17, 15) is 0 Å². The fraction of sp³-hybridized carbons (Fsp3) is 0.250. The summed E-state index contributed by atoms with van der Waals surface area (Å²) in [5, 5.41) is 12.9. The van der Waals surface area contributed by atoms with Gasteiger partial charge in [0.25, 0.3) is 0 Å². The van der Waals surface area contributed by atoms with E-state index in [-0.39, 0.29) is 0 Å². The Labute approximate surface area is 167 Å². The summed E-state index contributed by atoms with van der Waals surface area (Å²) in [5.41, 5.74) is 2.72. The van der Waals surface area contributed by atoms with E-state index >= 15 is 0 Å². The molecule has 136 valence electrons. The highest BCUT2D eigenvalue weighted by atomic mass is 35.5. The molecule has 1 fully saturated rings. The second-order valence-corrected chi connectivity index (χ2v) is 7.67. The number of hydrogen-bond donors (Lipinski definition) is 0. The summed E-state index contributed by atoms with van der Waals surface area (Å²) in [6.07, 6.45) is 1.70. The van der Waals surface area contributed by atoms with Gasteiger partial charge in [-0.2, -0.15) is 5.26 Å². The SMILES string of the molecule is N#Cc1ccnc(N2CCN(Cc3csc(-c4ccccc4Cl)n3)CC2)c1. The van der Waals surface area contributed by atoms with Crippen LogP contribution in [0.5, 0.6) is 0 Å². The van der Waals surface area contributed by atoms with E-state index in [1.807, 2.05) is 30.3 Å². The number of benzene rings is 1. The molecule has 0 atom stereocenters. The topological polar surface area (TPSA) is 56.1 Å².